The van der Waals surface area contributed by atoms with Gasteiger partial charge in [0.1, 0.15) is 18.8 Å². The van der Waals surface area contributed by atoms with Crippen molar-refractivity contribution in [2.45, 2.75) is 302 Å². The minimum absolute atomic E-state index is 0.0713. The third kappa shape index (κ3) is 48.9. The standard InChI is InChI=1S/C73H118O12/c1-4-7-10-13-16-19-22-25-28-31-33-36-38-41-44-47-50-53-56-59-65(74)81-62-64(83-66(75)60-57-54-51-48-45-42-39-35-30-27-24-21-18-15-12-9-6-3)63-82-73-71(69(78)68(77)70(85-73)72(79)80)84-67(76)61-58-55-52-49-46-43-40-37-34-32-29-26-23-20-17-14-11-8-5-2/h8,11,16-21,25-30,34,37,43,46,52,55,64,68-71,73,77-78H,4-7,9-10,12-15,22-24,31-33,35-36,38-42,44-45,47-51,53-54,56-63H2,1-3H3,(H,79,80)/b11-8-,19-16-,20-17-,21-18-,28-25-,29-26-,30-27-,37-34-,46-43-,55-52-. The van der Waals surface area contributed by atoms with E-state index in [1.807, 2.05) is 18.2 Å². The van der Waals surface area contributed by atoms with E-state index in [-0.39, 0.29) is 25.9 Å². The van der Waals surface area contributed by atoms with Gasteiger partial charge in [-0.25, -0.2) is 4.79 Å². The average Bonchev–Trinajstić information content (AvgIpc) is 2.79. The Bertz CT molecular complexity index is 1940. The van der Waals surface area contributed by atoms with Crippen LogP contribution in [0, 0.1) is 0 Å². The number of ether oxygens (including phenoxy) is 5. The van der Waals surface area contributed by atoms with Crippen molar-refractivity contribution in [1.82, 2.24) is 0 Å². The summed E-state index contributed by atoms with van der Waals surface area (Å²) >= 11 is 0. The molecule has 1 saturated heterocycles. The zero-order valence-electron chi connectivity index (χ0n) is 53.3. The summed E-state index contributed by atoms with van der Waals surface area (Å²) in [6.45, 7) is 5.81. The van der Waals surface area contributed by atoms with Crippen molar-refractivity contribution in [2.24, 2.45) is 0 Å². The van der Waals surface area contributed by atoms with E-state index in [9.17, 15) is 34.5 Å². The molecule has 1 fully saturated rings. The van der Waals surface area contributed by atoms with Gasteiger partial charge in [0.2, 0.25) is 0 Å². The first-order valence-corrected chi connectivity index (χ1v) is 33.5. The molecule has 0 amide bonds. The number of carboxylic acid groups (broad SMARTS) is 1. The van der Waals surface area contributed by atoms with Crippen LogP contribution in [0.1, 0.15) is 265 Å². The summed E-state index contributed by atoms with van der Waals surface area (Å²) in [6, 6.07) is 0. The molecule has 3 N–H and O–H groups in total. The Balaban J connectivity index is 2.71. The molecule has 0 aliphatic carbocycles. The Labute approximate surface area is 516 Å². The number of aliphatic hydroxyl groups excluding tert-OH is 2. The van der Waals surface area contributed by atoms with Crippen molar-refractivity contribution in [3.05, 3.63) is 122 Å². The molecule has 1 aliphatic rings. The largest absolute Gasteiger partial charge is 0.479 e. The SMILES string of the molecule is CC/C=C\C/C=C\C/C=C\C/C=C\C/C=C\C/C=C\CCC(=O)OC1C(OCC(COC(=O)CCCCCCCCCCC/C=C\C/C=C\CCCCC)OC(=O)CCCCCCCCC/C=C\C/C=C\CCCCC)OC(C(=O)O)C(O)C1O. The highest BCUT2D eigenvalue weighted by atomic mass is 16.7. The number of carbonyl (C=O) groups excluding carboxylic acids is 3. The Hall–Kier alpha value is -4.88. The molecule has 1 rings (SSSR count). The van der Waals surface area contributed by atoms with Crippen molar-refractivity contribution in [2.75, 3.05) is 13.2 Å². The lowest BCUT2D eigenvalue weighted by atomic mass is 9.98. The van der Waals surface area contributed by atoms with E-state index >= 15 is 0 Å². The normalized spacial score (nSPS) is 18.2. The second kappa shape index (κ2) is 59.5. The lowest BCUT2D eigenvalue weighted by Crippen LogP contribution is -2.61. The maximum absolute atomic E-state index is 13.2. The second-order valence-electron chi connectivity index (χ2n) is 22.4. The zero-order chi connectivity index (χ0) is 61.7. The maximum Gasteiger partial charge on any atom is 0.335 e. The van der Waals surface area contributed by atoms with Gasteiger partial charge < -0.3 is 39.0 Å². The summed E-state index contributed by atoms with van der Waals surface area (Å²) < 4.78 is 28.5. The van der Waals surface area contributed by atoms with Gasteiger partial charge in [-0.3, -0.25) is 14.4 Å². The molecule has 0 aromatic carbocycles. The van der Waals surface area contributed by atoms with E-state index in [1.165, 1.54) is 77.0 Å². The van der Waals surface area contributed by atoms with E-state index < -0.39 is 67.3 Å². The van der Waals surface area contributed by atoms with Crippen LogP contribution in [0.5, 0.6) is 0 Å². The highest BCUT2D eigenvalue weighted by Crippen LogP contribution is 2.26. The minimum atomic E-state index is -1.94. The first-order chi connectivity index (χ1) is 41.6. The quantitative estimate of drug-likeness (QED) is 0.0228. The highest BCUT2D eigenvalue weighted by Gasteiger charge is 2.50. The summed E-state index contributed by atoms with van der Waals surface area (Å²) in [5.74, 6) is -3.25. The number of carbonyl (C=O) groups is 4. The first kappa shape index (κ1) is 78.1. The van der Waals surface area contributed by atoms with Gasteiger partial charge in [-0.2, -0.15) is 0 Å². The molecular weight excluding hydrogens is 1070 g/mol. The van der Waals surface area contributed by atoms with Gasteiger partial charge >= 0.3 is 23.9 Å². The predicted molar refractivity (Wildman–Crippen MR) is 349 cm³/mol. The summed E-state index contributed by atoms with van der Waals surface area (Å²) in [5.41, 5.74) is 0. The molecule has 482 valence electrons. The lowest BCUT2D eigenvalue weighted by Gasteiger charge is -2.40. The fraction of sp³-hybridized carbons (Fsp3) is 0.671. The number of hydrogen-bond acceptors (Lipinski definition) is 11. The summed E-state index contributed by atoms with van der Waals surface area (Å²) in [6.07, 6.45) is 70.1. The number of aliphatic hydroxyl groups is 2. The molecule has 1 aliphatic heterocycles. The van der Waals surface area contributed by atoms with Crippen LogP contribution in [0.3, 0.4) is 0 Å². The van der Waals surface area contributed by atoms with Gasteiger partial charge in [0.05, 0.1) is 6.61 Å². The number of allylic oxidation sites excluding steroid dienone is 20. The van der Waals surface area contributed by atoms with Crippen molar-refractivity contribution in [3.8, 4) is 0 Å². The number of unbranched alkanes of at least 4 members (excludes halogenated alkanes) is 22. The fourth-order valence-corrected chi connectivity index (χ4v) is 9.40. The molecule has 6 atom stereocenters. The van der Waals surface area contributed by atoms with Gasteiger partial charge in [0.15, 0.2) is 24.6 Å². The molecule has 6 unspecified atom stereocenters. The smallest absolute Gasteiger partial charge is 0.335 e. The number of esters is 3. The van der Waals surface area contributed by atoms with Gasteiger partial charge in [-0.15, -0.1) is 0 Å². The molecule has 0 spiro atoms. The van der Waals surface area contributed by atoms with Gasteiger partial charge in [-0.05, 0) is 122 Å². The first-order valence-electron chi connectivity index (χ1n) is 33.5. The minimum Gasteiger partial charge on any atom is -0.479 e. The van der Waals surface area contributed by atoms with E-state index in [0.29, 0.717) is 25.7 Å². The summed E-state index contributed by atoms with van der Waals surface area (Å²) in [5, 5.41) is 31.6. The van der Waals surface area contributed by atoms with Crippen LogP contribution in [-0.4, -0.2) is 89.2 Å². The van der Waals surface area contributed by atoms with Crippen molar-refractivity contribution < 1.29 is 58.2 Å². The van der Waals surface area contributed by atoms with Gasteiger partial charge in [0.25, 0.3) is 0 Å². The molecule has 0 bridgehead atoms. The van der Waals surface area contributed by atoms with Crippen LogP contribution in [0.2, 0.25) is 0 Å². The van der Waals surface area contributed by atoms with Crippen molar-refractivity contribution >= 4 is 23.9 Å². The Morgan fingerprint density at radius 1 is 0.400 bits per heavy atom. The van der Waals surface area contributed by atoms with E-state index in [0.717, 1.165) is 122 Å². The average molecular weight is 1190 g/mol. The third-order valence-electron chi connectivity index (χ3n) is 14.5. The summed E-state index contributed by atoms with van der Waals surface area (Å²) in [4.78, 5) is 51.4. The molecule has 85 heavy (non-hydrogen) atoms. The number of carboxylic acids is 1. The molecular formula is C73H118O12. The molecule has 12 nitrogen and oxygen atoms in total. The van der Waals surface area contributed by atoms with E-state index in [2.05, 4.69) is 124 Å². The molecule has 1 heterocycles. The topological polar surface area (TPSA) is 175 Å². The lowest BCUT2D eigenvalue weighted by molar-refractivity contribution is -0.301. The van der Waals surface area contributed by atoms with Crippen LogP contribution in [0.15, 0.2) is 122 Å². The second-order valence-corrected chi connectivity index (χ2v) is 22.4. The van der Waals surface area contributed by atoms with Crippen LogP contribution >= 0.6 is 0 Å². The van der Waals surface area contributed by atoms with Crippen LogP contribution < -0.4 is 0 Å². The van der Waals surface area contributed by atoms with Gasteiger partial charge in [0, 0.05) is 19.3 Å². The van der Waals surface area contributed by atoms with Crippen LogP contribution in [0.4, 0.5) is 0 Å². The molecule has 0 radical (unpaired) electrons. The fourth-order valence-electron chi connectivity index (χ4n) is 9.40. The predicted octanol–water partition coefficient (Wildman–Crippen LogP) is 18.3. The molecule has 12 heteroatoms. The highest BCUT2D eigenvalue weighted by molar-refractivity contribution is 5.74. The molecule has 0 aromatic rings. The summed E-state index contributed by atoms with van der Waals surface area (Å²) in [7, 11) is 0. The Morgan fingerprint density at radius 2 is 0.765 bits per heavy atom. The zero-order valence-corrected chi connectivity index (χ0v) is 53.3. The number of hydrogen-bond donors (Lipinski definition) is 3. The van der Waals surface area contributed by atoms with Crippen molar-refractivity contribution in [1.29, 1.82) is 0 Å². The van der Waals surface area contributed by atoms with Crippen LogP contribution in [0.25, 0.3) is 0 Å². The maximum atomic E-state index is 13.2. The molecule has 0 saturated carbocycles. The van der Waals surface area contributed by atoms with Crippen LogP contribution in [-0.2, 0) is 42.9 Å². The molecule has 0 aromatic heterocycles. The van der Waals surface area contributed by atoms with E-state index in [4.69, 9.17) is 23.7 Å². The third-order valence-corrected chi connectivity index (χ3v) is 14.5. The number of aliphatic carboxylic acids is 1. The Morgan fingerprint density at radius 3 is 1.18 bits per heavy atom. The van der Waals surface area contributed by atoms with E-state index in [1.54, 1.807) is 0 Å². The monoisotopic (exact) mass is 1190 g/mol. The van der Waals surface area contributed by atoms with Gasteiger partial charge in [-0.1, -0.05) is 245 Å². The van der Waals surface area contributed by atoms with Crippen molar-refractivity contribution in [3.63, 3.8) is 0 Å². The number of rotatable bonds is 56. The Kier molecular flexibility index (Phi) is 54.6.